The molecule has 198 valence electrons. The number of benzene rings is 4. The zero-order valence-corrected chi connectivity index (χ0v) is 24.1. The number of sulfone groups is 1. The number of halogens is 2. The minimum atomic E-state index is -3.61. The summed E-state index contributed by atoms with van der Waals surface area (Å²) in [5.41, 5.74) is 4.63. The lowest BCUT2D eigenvalue weighted by atomic mass is 9.77. The van der Waals surface area contributed by atoms with Gasteiger partial charge in [-0.1, -0.05) is 49.7 Å². The third-order valence-corrected chi connectivity index (χ3v) is 9.13. The molecule has 4 nitrogen and oxygen atoms in total. The molecule has 0 bridgehead atoms. The first-order valence-electron chi connectivity index (χ1n) is 12.1. The Morgan fingerprint density at radius 1 is 0.711 bits per heavy atom. The monoisotopic (exact) mass is 568 g/mol. The van der Waals surface area contributed by atoms with Crippen molar-refractivity contribution in [2.24, 2.45) is 0 Å². The summed E-state index contributed by atoms with van der Waals surface area (Å²) in [6.07, 6.45) is 0. The van der Waals surface area contributed by atoms with Crippen LogP contribution in [0.1, 0.15) is 41.7 Å². The van der Waals surface area contributed by atoms with E-state index in [2.05, 4.69) is 19.9 Å². The van der Waals surface area contributed by atoms with Crippen LogP contribution in [-0.4, -0.2) is 15.5 Å². The molecular formula is C31H30Cl2O4S. The Morgan fingerprint density at radius 2 is 1.18 bits per heavy atom. The van der Waals surface area contributed by atoms with Gasteiger partial charge >= 0.3 is 0 Å². The zero-order valence-electron chi connectivity index (χ0n) is 21.8. The van der Waals surface area contributed by atoms with Crippen LogP contribution in [0.4, 0.5) is 0 Å². The van der Waals surface area contributed by atoms with Gasteiger partial charge in [0.2, 0.25) is 9.84 Å². The predicted octanol–water partition coefficient (Wildman–Crippen LogP) is 8.43. The van der Waals surface area contributed by atoms with Crippen LogP contribution >= 0.6 is 23.2 Å². The van der Waals surface area contributed by atoms with E-state index < -0.39 is 9.84 Å². The smallest absolute Gasteiger partial charge is 0.206 e. The van der Waals surface area contributed by atoms with Crippen molar-refractivity contribution in [2.75, 3.05) is 7.11 Å². The van der Waals surface area contributed by atoms with Crippen molar-refractivity contribution in [3.63, 3.8) is 0 Å². The number of aryl methyl sites for hydroxylation is 1. The Morgan fingerprint density at radius 3 is 1.68 bits per heavy atom. The molecule has 0 spiro atoms. The lowest BCUT2D eigenvalue weighted by Crippen LogP contribution is -2.19. The molecule has 4 aromatic carbocycles. The van der Waals surface area contributed by atoms with Crippen LogP contribution in [0.25, 0.3) is 0 Å². The molecule has 4 aromatic rings. The Labute approximate surface area is 235 Å². The molecule has 0 aromatic heterocycles. The van der Waals surface area contributed by atoms with Gasteiger partial charge in [-0.25, -0.2) is 8.42 Å². The molecule has 0 fully saturated rings. The van der Waals surface area contributed by atoms with Gasteiger partial charge < -0.3 is 9.47 Å². The van der Waals surface area contributed by atoms with Gasteiger partial charge in [-0.3, -0.25) is 0 Å². The fourth-order valence-corrected chi connectivity index (χ4v) is 5.96. The first-order chi connectivity index (χ1) is 18.1. The Kier molecular flexibility index (Phi) is 8.41. The van der Waals surface area contributed by atoms with Gasteiger partial charge in [-0.2, -0.15) is 0 Å². The van der Waals surface area contributed by atoms with Crippen molar-refractivity contribution < 1.29 is 17.9 Å². The highest BCUT2D eigenvalue weighted by Gasteiger charge is 2.25. The van der Waals surface area contributed by atoms with E-state index in [-0.39, 0.29) is 21.1 Å². The van der Waals surface area contributed by atoms with Gasteiger partial charge in [0.1, 0.15) is 17.2 Å². The molecule has 0 atom stereocenters. The summed E-state index contributed by atoms with van der Waals surface area (Å²) >= 11 is 12.5. The maximum Gasteiger partial charge on any atom is 0.206 e. The Balaban J connectivity index is 1.58. The van der Waals surface area contributed by atoms with Gasteiger partial charge in [0.25, 0.3) is 0 Å². The molecular weight excluding hydrogens is 539 g/mol. The Hall–Kier alpha value is -2.99. The molecule has 4 rings (SSSR count). The first kappa shape index (κ1) is 28.0. The highest BCUT2D eigenvalue weighted by atomic mass is 35.5. The van der Waals surface area contributed by atoms with Gasteiger partial charge in [-0.05, 0) is 72.6 Å². The molecule has 0 heterocycles. The van der Waals surface area contributed by atoms with Crippen molar-refractivity contribution in [3.8, 4) is 17.2 Å². The van der Waals surface area contributed by atoms with Crippen LogP contribution in [0.3, 0.4) is 0 Å². The molecule has 0 aliphatic carbocycles. The first-order valence-corrected chi connectivity index (χ1v) is 14.7. The molecule has 0 unspecified atom stereocenters. The van der Waals surface area contributed by atoms with Crippen LogP contribution in [0.15, 0.2) is 94.7 Å². The molecule has 0 aliphatic heterocycles. The van der Waals surface area contributed by atoms with Gasteiger partial charge in [-0.15, -0.1) is 23.2 Å². The van der Waals surface area contributed by atoms with Crippen molar-refractivity contribution in [3.05, 3.63) is 113 Å². The minimum absolute atomic E-state index is 0.208. The number of ether oxygens (including phenoxy) is 2. The average Bonchev–Trinajstić information content (AvgIpc) is 2.93. The van der Waals surface area contributed by atoms with Crippen molar-refractivity contribution in [1.82, 2.24) is 0 Å². The molecule has 0 N–H and O–H groups in total. The summed E-state index contributed by atoms with van der Waals surface area (Å²) in [4.78, 5) is 0.466. The SMILES string of the molecule is COc1ccc(C(C)(C)c2ccc(Oc3ccc(S(=O)(=O)c4ccc(C)cc4)cc3)c(CCl)c2)cc1CCl. The second kappa shape index (κ2) is 11.4. The fraction of sp³-hybridized carbons (Fsp3) is 0.226. The normalized spacial score (nSPS) is 11.8. The van der Waals surface area contributed by atoms with Crippen molar-refractivity contribution in [2.45, 2.75) is 47.7 Å². The lowest BCUT2D eigenvalue weighted by molar-refractivity contribution is 0.410. The summed E-state index contributed by atoms with van der Waals surface area (Å²) in [7, 11) is -1.97. The second-order valence-electron chi connectivity index (χ2n) is 9.63. The van der Waals surface area contributed by atoms with Gasteiger partial charge in [0, 0.05) is 16.5 Å². The molecule has 38 heavy (non-hydrogen) atoms. The summed E-state index contributed by atoms with van der Waals surface area (Å²) < 4.78 is 37.5. The molecule has 7 heteroatoms. The van der Waals surface area contributed by atoms with Crippen molar-refractivity contribution in [1.29, 1.82) is 0 Å². The highest BCUT2D eigenvalue weighted by Crippen LogP contribution is 2.38. The van der Waals surface area contributed by atoms with E-state index >= 15 is 0 Å². The van der Waals surface area contributed by atoms with E-state index in [9.17, 15) is 8.42 Å². The molecule has 0 amide bonds. The summed E-state index contributed by atoms with van der Waals surface area (Å²) in [5, 5.41) is 0. The van der Waals surface area contributed by atoms with Gasteiger partial charge in [0.05, 0.1) is 28.7 Å². The molecule has 0 saturated carbocycles. The summed E-state index contributed by atoms with van der Waals surface area (Å²) in [5.74, 6) is 2.52. The standard InChI is InChI=1S/C31H30Cl2O4S/c1-21-5-11-27(12-6-21)38(34,35)28-13-9-26(10-14-28)37-30-16-8-25(18-23(30)20-33)31(2,3)24-7-15-29(36-4)22(17-24)19-32/h5-18H,19-20H2,1-4H3. The fourth-order valence-electron chi connectivity index (χ4n) is 4.28. The van der Waals surface area contributed by atoms with Crippen LogP contribution in [0, 0.1) is 6.92 Å². The van der Waals surface area contributed by atoms with Crippen molar-refractivity contribution >= 4 is 33.0 Å². The van der Waals surface area contributed by atoms with E-state index in [1.165, 1.54) is 0 Å². The Bertz CT molecular complexity index is 1530. The van der Waals surface area contributed by atoms with E-state index in [0.29, 0.717) is 17.4 Å². The third kappa shape index (κ3) is 5.70. The topological polar surface area (TPSA) is 52.6 Å². The summed E-state index contributed by atoms with van der Waals surface area (Å²) in [6, 6.07) is 25.3. The average molecular weight is 570 g/mol. The predicted molar refractivity (Wildman–Crippen MR) is 154 cm³/mol. The van der Waals surface area contributed by atoms with Crippen LogP contribution in [0.5, 0.6) is 17.2 Å². The molecule has 0 aliphatic rings. The number of hydrogen-bond donors (Lipinski definition) is 0. The number of hydrogen-bond acceptors (Lipinski definition) is 4. The maximum atomic E-state index is 13.0. The van der Waals surface area contributed by atoms with Crippen LogP contribution in [0.2, 0.25) is 0 Å². The van der Waals surface area contributed by atoms with Crippen LogP contribution < -0.4 is 9.47 Å². The van der Waals surface area contributed by atoms with Gasteiger partial charge in [0.15, 0.2) is 0 Å². The van der Waals surface area contributed by atoms with E-state index in [0.717, 1.165) is 33.6 Å². The second-order valence-corrected chi connectivity index (χ2v) is 12.1. The number of rotatable bonds is 9. The van der Waals surface area contributed by atoms with E-state index in [1.54, 1.807) is 55.6 Å². The third-order valence-electron chi connectivity index (χ3n) is 6.77. The number of methoxy groups -OCH3 is 1. The maximum absolute atomic E-state index is 13.0. The van der Waals surface area contributed by atoms with E-state index in [4.69, 9.17) is 32.7 Å². The molecule has 0 saturated heterocycles. The lowest BCUT2D eigenvalue weighted by Gasteiger charge is -2.28. The summed E-state index contributed by atoms with van der Waals surface area (Å²) in [6.45, 7) is 6.21. The van der Waals surface area contributed by atoms with Crippen LogP contribution in [-0.2, 0) is 27.0 Å². The highest BCUT2D eigenvalue weighted by molar-refractivity contribution is 7.91. The zero-order chi connectivity index (χ0) is 27.5. The number of alkyl halides is 2. The molecule has 0 radical (unpaired) electrons. The van der Waals surface area contributed by atoms with E-state index in [1.807, 2.05) is 37.3 Å². The largest absolute Gasteiger partial charge is 0.496 e. The minimum Gasteiger partial charge on any atom is -0.496 e. The quantitative estimate of drug-likeness (QED) is 0.190.